The molecule has 0 aliphatic carbocycles. The van der Waals surface area contributed by atoms with Gasteiger partial charge in [-0.1, -0.05) is 0 Å². The summed E-state index contributed by atoms with van der Waals surface area (Å²) in [7, 11) is 0. The number of hydrogen-bond donors (Lipinski definition) is 4. The molecule has 2 amide bonds. The maximum atomic E-state index is 12.4. The summed E-state index contributed by atoms with van der Waals surface area (Å²) < 4.78 is 26.3. The van der Waals surface area contributed by atoms with E-state index in [2.05, 4.69) is 5.32 Å². The molecular weight excluding hydrogens is 404 g/mol. The molecule has 0 aromatic rings. The summed E-state index contributed by atoms with van der Waals surface area (Å²) in [6.07, 6.45) is -0.962. The number of amides is 2. The van der Waals surface area contributed by atoms with E-state index in [0.717, 1.165) is 0 Å². The number of hydrogen-bond acceptors (Lipinski definition) is 9. The van der Waals surface area contributed by atoms with Crippen LogP contribution in [0.2, 0.25) is 0 Å². The van der Waals surface area contributed by atoms with Crippen molar-refractivity contribution in [2.24, 2.45) is 0 Å². The van der Waals surface area contributed by atoms with E-state index in [0.29, 0.717) is 52.7 Å². The summed E-state index contributed by atoms with van der Waals surface area (Å²) in [6.45, 7) is 3.84. The van der Waals surface area contributed by atoms with Gasteiger partial charge in [0.05, 0.1) is 85.7 Å². The molecule has 0 spiro atoms. The highest BCUT2D eigenvalue weighted by molar-refractivity contribution is 5.76. The highest BCUT2D eigenvalue weighted by atomic mass is 16.5. The molecule has 4 N–H and O–H groups in total. The molecule has 0 saturated heterocycles. The lowest BCUT2D eigenvalue weighted by Crippen LogP contribution is -2.37. The van der Waals surface area contributed by atoms with Crippen LogP contribution in [0.25, 0.3) is 0 Å². The van der Waals surface area contributed by atoms with Crippen molar-refractivity contribution in [3.8, 4) is 0 Å². The molecule has 0 atom stereocenters. The second-order valence-electron chi connectivity index (χ2n) is 5.87. The molecule has 0 bridgehead atoms. The van der Waals surface area contributed by atoms with Gasteiger partial charge in [-0.15, -0.1) is 0 Å². The zero-order valence-electron chi connectivity index (χ0n) is 17.5. The number of carbonyl (C=O) groups excluding carboxylic acids is 1. The van der Waals surface area contributed by atoms with Gasteiger partial charge in [0.2, 0.25) is 5.91 Å². The van der Waals surface area contributed by atoms with Crippen LogP contribution >= 0.6 is 0 Å². The first kappa shape index (κ1) is 28.5. The Bertz CT molecular complexity index is 396. The minimum absolute atomic E-state index is 0.0399. The molecule has 0 rings (SSSR count). The van der Waals surface area contributed by atoms with E-state index < -0.39 is 6.09 Å². The van der Waals surface area contributed by atoms with Gasteiger partial charge < -0.3 is 49.2 Å². The largest absolute Gasteiger partial charge is 0.465 e. The fraction of sp³-hybridized carbons (Fsp3) is 0.889. The second-order valence-corrected chi connectivity index (χ2v) is 5.87. The summed E-state index contributed by atoms with van der Waals surface area (Å²) in [6, 6.07) is 0. The van der Waals surface area contributed by atoms with Crippen molar-refractivity contribution in [2.75, 3.05) is 98.9 Å². The molecule has 0 saturated carbocycles. The zero-order valence-corrected chi connectivity index (χ0v) is 17.5. The number of aliphatic hydroxyl groups is 2. The Morgan fingerprint density at radius 2 is 1.13 bits per heavy atom. The van der Waals surface area contributed by atoms with Crippen molar-refractivity contribution in [1.82, 2.24) is 10.2 Å². The number of ether oxygens (including phenoxy) is 5. The third kappa shape index (κ3) is 19.8. The molecule has 30 heavy (non-hydrogen) atoms. The van der Waals surface area contributed by atoms with Gasteiger partial charge in [0.25, 0.3) is 0 Å². The quantitative estimate of drug-likeness (QED) is 0.147. The Kier molecular flexibility index (Phi) is 21.0. The molecule has 12 heteroatoms. The van der Waals surface area contributed by atoms with Gasteiger partial charge in [-0.05, 0) is 0 Å². The lowest BCUT2D eigenvalue weighted by atomic mass is 10.3. The molecule has 0 radical (unpaired) electrons. The first-order valence-corrected chi connectivity index (χ1v) is 9.96. The maximum Gasteiger partial charge on any atom is 0.404 e. The summed E-state index contributed by atoms with van der Waals surface area (Å²) in [4.78, 5) is 24.4. The van der Waals surface area contributed by atoms with E-state index >= 15 is 0 Å². The summed E-state index contributed by atoms with van der Waals surface area (Å²) in [5.74, 6) is -0.124. The number of nitrogens with zero attached hydrogens (tertiary/aromatic N) is 1. The first-order chi connectivity index (χ1) is 14.6. The van der Waals surface area contributed by atoms with Gasteiger partial charge >= 0.3 is 6.09 Å². The van der Waals surface area contributed by atoms with Crippen LogP contribution in [0.15, 0.2) is 0 Å². The van der Waals surface area contributed by atoms with Crippen LogP contribution in [-0.4, -0.2) is 131 Å². The predicted molar refractivity (Wildman–Crippen MR) is 105 cm³/mol. The van der Waals surface area contributed by atoms with Crippen LogP contribution in [0.5, 0.6) is 0 Å². The summed E-state index contributed by atoms with van der Waals surface area (Å²) >= 11 is 0. The fourth-order valence-electron chi connectivity index (χ4n) is 2.13. The molecule has 0 aliphatic heterocycles. The normalized spacial score (nSPS) is 10.9. The Morgan fingerprint density at radius 3 is 1.60 bits per heavy atom. The average Bonchev–Trinajstić information content (AvgIpc) is 2.73. The lowest BCUT2D eigenvalue weighted by molar-refractivity contribution is -0.134. The molecule has 0 heterocycles. The molecule has 0 aliphatic rings. The highest BCUT2D eigenvalue weighted by Crippen LogP contribution is 1.97. The first-order valence-electron chi connectivity index (χ1n) is 9.96. The van der Waals surface area contributed by atoms with E-state index in [9.17, 15) is 9.59 Å². The van der Waals surface area contributed by atoms with Gasteiger partial charge in [-0.25, -0.2) is 4.79 Å². The Hall–Kier alpha value is -1.54. The van der Waals surface area contributed by atoms with Crippen molar-refractivity contribution >= 4 is 12.0 Å². The van der Waals surface area contributed by atoms with Crippen LogP contribution in [0.3, 0.4) is 0 Å². The SMILES string of the molecule is O=C(O)NCCOCCC(=O)N(CCOCCOCCO)CCOCCOCCO. The van der Waals surface area contributed by atoms with Gasteiger partial charge in [0.1, 0.15) is 0 Å². The average molecular weight is 440 g/mol. The van der Waals surface area contributed by atoms with E-state index in [1.165, 1.54) is 0 Å². The van der Waals surface area contributed by atoms with E-state index in [1.54, 1.807) is 4.90 Å². The third-order valence-electron chi connectivity index (χ3n) is 3.56. The monoisotopic (exact) mass is 440 g/mol. The molecule has 178 valence electrons. The van der Waals surface area contributed by atoms with E-state index in [1.807, 2.05) is 0 Å². The number of nitrogens with one attached hydrogen (secondary N) is 1. The number of aliphatic hydroxyl groups excluding tert-OH is 2. The number of carbonyl (C=O) groups is 2. The zero-order chi connectivity index (χ0) is 22.3. The summed E-state index contributed by atoms with van der Waals surface area (Å²) in [5.41, 5.74) is 0. The van der Waals surface area contributed by atoms with E-state index in [4.69, 9.17) is 39.0 Å². The van der Waals surface area contributed by atoms with Crippen molar-refractivity contribution < 1.29 is 48.6 Å². The molecule has 0 unspecified atom stereocenters. The standard InChI is InChI=1S/C18H36N2O10/c21-5-11-29-15-13-27-9-3-20(4-10-28-14-16-30-12-6-22)17(23)1-7-26-8-2-19-18(24)25/h19,21-22H,1-16H2,(H,24,25). The number of carboxylic acid groups (broad SMARTS) is 1. The van der Waals surface area contributed by atoms with Crippen molar-refractivity contribution in [1.29, 1.82) is 0 Å². The van der Waals surface area contributed by atoms with Crippen molar-refractivity contribution in [3.05, 3.63) is 0 Å². The van der Waals surface area contributed by atoms with Crippen LogP contribution in [0.1, 0.15) is 6.42 Å². The minimum Gasteiger partial charge on any atom is -0.465 e. The molecular formula is C18H36N2O10. The molecule has 12 nitrogen and oxygen atoms in total. The number of rotatable bonds is 22. The van der Waals surface area contributed by atoms with Crippen LogP contribution in [0.4, 0.5) is 4.79 Å². The van der Waals surface area contributed by atoms with Gasteiger partial charge in [-0.2, -0.15) is 0 Å². The van der Waals surface area contributed by atoms with Gasteiger partial charge in [0.15, 0.2) is 0 Å². The van der Waals surface area contributed by atoms with E-state index in [-0.39, 0.29) is 58.5 Å². The Labute approximate surface area is 177 Å². The van der Waals surface area contributed by atoms with Crippen molar-refractivity contribution in [2.45, 2.75) is 6.42 Å². The van der Waals surface area contributed by atoms with Gasteiger partial charge in [0, 0.05) is 19.6 Å². The maximum absolute atomic E-state index is 12.4. The van der Waals surface area contributed by atoms with Crippen LogP contribution in [0, 0.1) is 0 Å². The molecule has 0 aromatic heterocycles. The van der Waals surface area contributed by atoms with Crippen LogP contribution < -0.4 is 5.32 Å². The smallest absolute Gasteiger partial charge is 0.404 e. The van der Waals surface area contributed by atoms with Crippen molar-refractivity contribution in [3.63, 3.8) is 0 Å². The molecule has 0 fully saturated rings. The Morgan fingerprint density at radius 1 is 0.667 bits per heavy atom. The molecule has 0 aromatic carbocycles. The third-order valence-corrected chi connectivity index (χ3v) is 3.56. The lowest BCUT2D eigenvalue weighted by Gasteiger charge is -2.23. The van der Waals surface area contributed by atoms with Crippen LogP contribution in [-0.2, 0) is 28.5 Å². The second kappa shape index (κ2) is 22.2. The Balaban J connectivity index is 4.07. The topological polar surface area (TPSA) is 156 Å². The highest BCUT2D eigenvalue weighted by Gasteiger charge is 2.13. The fourth-order valence-corrected chi connectivity index (χ4v) is 2.13. The predicted octanol–water partition coefficient (Wildman–Crippen LogP) is -1.46. The van der Waals surface area contributed by atoms with Gasteiger partial charge in [-0.3, -0.25) is 4.79 Å². The summed E-state index contributed by atoms with van der Waals surface area (Å²) in [5, 5.41) is 27.9. The minimum atomic E-state index is -1.12.